The van der Waals surface area contributed by atoms with Gasteiger partial charge in [-0.25, -0.2) is 9.59 Å². The molecule has 43 heavy (non-hydrogen) atoms. The van der Waals surface area contributed by atoms with Gasteiger partial charge in [0.05, 0.1) is 31.2 Å². The second kappa shape index (κ2) is 11.5. The van der Waals surface area contributed by atoms with Gasteiger partial charge < -0.3 is 38.4 Å². The maximum Gasteiger partial charge on any atom is 0.353 e. The van der Waals surface area contributed by atoms with Crippen LogP contribution in [0, 0.1) is 5.92 Å². The fourth-order valence-corrected chi connectivity index (χ4v) is 6.95. The first-order valence-corrected chi connectivity index (χ1v) is 14.6. The molecule has 2 aliphatic heterocycles. The summed E-state index contributed by atoms with van der Waals surface area (Å²) in [5, 5.41) is 12.3. The summed E-state index contributed by atoms with van der Waals surface area (Å²) < 4.78 is 33.3. The minimum absolute atomic E-state index is 0.0953. The summed E-state index contributed by atoms with van der Waals surface area (Å²) in [6.45, 7) is 7.03. The number of hydrogen-bond acceptors (Lipinski definition) is 12. The van der Waals surface area contributed by atoms with Crippen LogP contribution in [0.3, 0.4) is 0 Å². The number of rotatable bonds is 10. The van der Waals surface area contributed by atoms with E-state index in [-0.39, 0.29) is 30.7 Å². The average molecular weight is 602 g/mol. The van der Waals surface area contributed by atoms with Crippen molar-refractivity contribution in [2.75, 3.05) is 27.3 Å². The van der Waals surface area contributed by atoms with Crippen LogP contribution in [0.5, 0.6) is 11.5 Å². The fraction of sp³-hybridized carbons (Fsp3) is 0.613. The summed E-state index contributed by atoms with van der Waals surface area (Å²) in [6, 6.07) is 3.63. The second-order valence-electron chi connectivity index (χ2n) is 12.2. The van der Waals surface area contributed by atoms with Gasteiger partial charge in [0, 0.05) is 24.9 Å². The number of benzene rings is 1. The van der Waals surface area contributed by atoms with Gasteiger partial charge in [-0.2, -0.15) is 0 Å². The normalized spacial score (nSPS) is 28.0. The molecule has 1 aromatic carbocycles. The van der Waals surface area contributed by atoms with Crippen molar-refractivity contribution in [2.45, 2.75) is 88.7 Å². The molecular formula is C31H39NO11. The molecule has 0 radical (unpaired) electrons. The molecular weight excluding hydrogens is 562 g/mol. The molecule has 12 nitrogen and oxygen atoms in total. The molecule has 1 fully saturated rings. The van der Waals surface area contributed by atoms with E-state index in [0.29, 0.717) is 30.9 Å². The highest BCUT2D eigenvalue weighted by molar-refractivity contribution is 5.86. The van der Waals surface area contributed by atoms with Crippen LogP contribution in [0.15, 0.2) is 24.0 Å². The van der Waals surface area contributed by atoms with Gasteiger partial charge in [0.25, 0.3) is 0 Å². The van der Waals surface area contributed by atoms with E-state index < -0.39 is 59.6 Å². The number of ether oxygens (including phenoxy) is 6. The number of likely N-dealkylation sites (N-methyl/N-ethyl adjacent to an activating group) is 1. The maximum absolute atomic E-state index is 13.4. The summed E-state index contributed by atoms with van der Waals surface area (Å²) >= 11 is 0. The van der Waals surface area contributed by atoms with Crippen LogP contribution in [-0.4, -0.2) is 91.1 Å². The molecule has 6 atom stereocenters. The minimum atomic E-state index is -1.64. The van der Waals surface area contributed by atoms with E-state index in [1.54, 1.807) is 6.08 Å². The van der Waals surface area contributed by atoms with Gasteiger partial charge in [-0.15, -0.1) is 0 Å². The van der Waals surface area contributed by atoms with Crippen molar-refractivity contribution >= 4 is 23.9 Å². The van der Waals surface area contributed by atoms with Gasteiger partial charge in [-0.1, -0.05) is 19.9 Å². The standard InChI is InChI=1S/C31H39NO11/c1-16(2)15-39-28(35)17(3)40-24(34)14-22(41-18(4)33)29(36)42-21-9-10-31(37)23-13-19-7-8-20(38-6)26-25(19)30(31,27(21)43-26)11-12-32(23)5/h7-9,16-17,22-23,27,37H,10-15H2,1-6H3/t17-,22-,23+,27-,30-,31+/m0/s1. The number of esters is 4. The van der Waals surface area contributed by atoms with Crippen LogP contribution in [0.1, 0.15) is 58.1 Å². The summed E-state index contributed by atoms with van der Waals surface area (Å²) in [7, 11) is 3.53. The molecule has 1 spiro atoms. The molecule has 1 N–H and O–H groups in total. The van der Waals surface area contributed by atoms with Crippen molar-refractivity contribution < 1.29 is 52.7 Å². The highest BCUT2D eigenvalue weighted by Crippen LogP contribution is 2.65. The molecule has 0 aromatic heterocycles. The van der Waals surface area contributed by atoms with Gasteiger partial charge in [0.15, 0.2) is 23.7 Å². The van der Waals surface area contributed by atoms with Crippen molar-refractivity contribution in [3.63, 3.8) is 0 Å². The van der Waals surface area contributed by atoms with Gasteiger partial charge in [-0.3, -0.25) is 9.59 Å². The monoisotopic (exact) mass is 601 g/mol. The predicted octanol–water partition coefficient (Wildman–Crippen LogP) is 1.97. The molecule has 0 saturated carbocycles. The lowest BCUT2D eigenvalue weighted by Crippen LogP contribution is -2.74. The molecule has 1 aromatic rings. The van der Waals surface area contributed by atoms with E-state index in [1.807, 2.05) is 33.0 Å². The molecule has 1 saturated heterocycles. The van der Waals surface area contributed by atoms with Crippen LogP contribution < -0.4 is 9.47 Å². The van der Waals surface area contributed by atoms with Gasteiger partial charge in [-0.05, 0) is 57.0 Å². The van der Waals surface area contributed by atoms with Crippen LogP contribution in [0.4, 0.5) is 0 Å². The van der Waals surface area contributed by atoms with E-state index >= 15 is 0 Å². The summed E-state index contributed by atoms with van der Waals surface area (Å²) in [5.74, 6) is -2.24. The molecule has 4 aliphatic rings. The zero-order valence-electron chi connectivity index (χ0n) is 25.3. The number of carbonyl (C=O) groups is 4. The summed E-state index contributed by atoms with van der Waals surface area (Å²) in [5.41, 5.74) is -0.212. The van der Waals surface area contributed by atoms with Crippen molar-refractivity contribution in [1.82, 2.24) is 4.90 Å². The zero-order chi connectivity index (χ0) is 31.3. The molecule has 2 aliphatic carbocycles. The van der Waals surface area contributed by atoms with Gasteiger partial charge >= 0.3 is 23.9 Å². The summed E-state index contributed by atoms with van der Waals surface area (Å²) in [4.78, 5) is 52.3. The lowest BCUT2D eigenvalue weighted by molar-refractivity contribution is -0.179. The van der Waals surface area contributed by atoms with Crippen molar-refractivity contribution in [3.05, 3.63) is 35.1 Å². The molecule has 2 heterocycles. The largest absolute Gasteiger partial charge is 0.493 e. The number of hydrogen-bond donors (Lipinski definition) is 1. The quantitative estimate of drug-likeness (QED) is 0.309. The Hall–Kier alpha value is -3.64. The first-order valence-electron chi connectivity index (χ1n) is 14.6. The molecule has 12 heteroatoms. The van der Waals surface area contributed by atoms with E-state index in [0.717, 1.165) is 18.1 Å². The average Bonchev–Trinajstić information content (AvgIpc) is 3.30. The maximum atomic E-state index is 13.4. The predicted molar refractivity (Wildman–Crippen MR) is 149 cm³/mol. The van der Waals surface area contributed by atoms with Crippen molar-refractivity contribution in [1.29, 1.82) is 0 Å². The minimum Gasteiger partial charge on any atom is -0.493 e. The molecule has 2 bridgehead atoms. The molecule has 234 valence electrons. The summed E-state index contributed by atoms with van der Waals surface area (Å²) in [6.07, 6.45) is -1.43. The van der Waals surface area contributed by atoms with Gasteiger partial charge in [0.2, 0.25) is 6.10 Å². The zero-order valence-corrected chi connectivity index (χ0v) is 25.3. The Kier molecular flexibility index (Phi) is 8.21. The second-order valence-corrected chi connectivity index (χ2v) is 12.2. The Bertz CT molecular complexity index is 1360. The Balaban J connectivity index is 1.38. The fourth-order valence-electron chi connectivity index (χ4n) is 6.95. The lowest BCUT2D eigenvalue weighted by Gasteiger charge is -2.61. The van der Waals surface area contributed by atoms with Crippen LogP contribution in [0.25, 0.3) is 0 Å². The number of likely N-dealkylation sites (tertiary alicyclic amines) is 1. The first kappa shape index (κ1) is 30.8. The number of piperidine rings is 1. The van der Waals surface area contributed by atoms with E-state index in [4.69, 9.17) is 28.4 Å². The molecule has 0 amide bonds. The van der Waals surface area contributed by atoms with E-state index in [9.17, 15) is 24.3 Å². The third-order valence-corrected chi connectivity index (χ3v) is 8.90. The van der Waals surface area contributed by atoms with Crippen molar-refractivity contribution in [3.8, 4) is 11.5 Å². The Morgan fingerprint density at radius 3 is 2.56 bits per heavy atom. The van der Waals surface area contributed by atoms with Crippen LogP contribution >= 0.6 is 0 Å². The van der Waals surface area contributed by atoms with E-state index in [1.165, 1.54) is 14.0 Å². The van der Waals surface area contributed by atoms with E-state index in [2.05, 4.69) is 4.90 Å². The molecule has 5 rings (SSSR count). The number of aliphatic hydroxyl groups is 1. The number of carbonyl (C=O) groups excluding carboxylic acids is 4. The highest BCUT2D eigenvalue weighted by atomic mass is 16.6. The highest BCUT2D eigenvalue weighted by Gasteiger charge is 2.72. The first-order chi connectivity index (χ1) is 20.3. The Morgan fingerprint density at radius 2 is 1.88 bits per heavy atom. The number of methoxy groups -OCH3 is 1. The number of nitrogens with zero attached hydrogens (tertiary/aromatic N) is 1. The van der Waals surface area contributed by atoms with Crippen molar-refractivity contribution in [2.24, 2.45) is 5.92 Å². The SMILES string of the molecule is COc1ccc2c3c1O[C@H]1C(OC(=O)[C@H](CC(=O)O[C@@H](C)C(=O)OCC(C)C)OC(C)=O)=CC[C@@]4(O)[C@@H](C2)N(C)CC[C@]314. The molecule has 0 unspecified atom stereocenters. The lowest BCUT2D eigenvalue weighted by atomic mass is 9.50. The third kappa shape index (κ3) is 5.14. The third-order valence-electron chi connectivity index (χ3n) is 8.90. The smallest absolute Gasteiger partial charge is 0.353 e. The Labute approximate surface area is 250 Å². The Morgan fingerprint density at radius 1 is 1.14 bits per heavy atom. The van der Waals surface area contributed by atoms with Gasteiger partial charge in [0.1, 0.15) is 5.76 Å². The van der Waals surface area contributed by atoms with Crippen LogP contribution in [-0.2, 0) is 50.0 Å². The van der Waals surface area contributed by atoms with Crippen LogP contribution in [0.2, 0.25) is 0 Å². The topological polar surface area (TPSA) is 147 Å².